The Bertz CT molecular complexity index is 780. The van der Waals surface area contributed by atoms with Crippen molar-refractivity contribution in [3.63, 3.8) is 0 Å². The van der Waals surface area contributed by atoms with Crippen molar-refractivity contribution < 1.29 is 9.18 Å². The van der Waals surface area contributed by atoms with Crippen molar-refractivity contribution in [3.8, 4) is 0 Å². The Morgan fingerprint density at radius 3 is 2.70 bits per heavy atom. The lowest BCUT2D eigenvalue weighted by molar-refractivity contribution is 0.102. The van der Waals surface area contributed by atoms with E-state index in [9.17, 15) is 9.18 Å². The molecule has 1 aromatic heterocycles. The van der Waals surface area contributed by atoms with Gasteiger partial charge in [0.15, 0.2) is 0 Å². The van der Waals surface area contributed by atoms with E-state index < -0.39 is 0 Å². The number of amides is 1. The fraction of sp³-hybridized carbons (Fsp3) is 0.0667. The number of carbonyl (C=O) groups is 1. The van der Waals surface area contributed by atoms with Gasteiger partial charge in [-0.3, -0.25) is 9.48 Å². The summed E-state index contributed by atoms with van der Waals surface area (Å²) >= 11 is 0. The van der Waals surface area contributed by atoms with Crippen LogP contribution < -0.4 is 5.32 Å². The topological polar surface area (TPSA) is 46.9 Å². The lowest BCUT2D eigenvalue weighted by Gasteiger charge is -2.06. The summed E-state index contributed by atoms with van der Waals surface area (Å²) < 4.78 is 15.2. The Morgan fingerprint density at radius 2 is 1.95 bits per heavy atom. The highest BCUT2D eigenvalue weighted by molar-refractivity contribution is 6.08. The first kappa shape index (κ1) is 12.3. The van der Waals surface area contributed by atoms with Crippen LogP contribution in [0.4, 0.5) is 10.1 Å². The van der Waals surface area contributed by atoms with E-state index in [0.717, 1.165) is 0 Å². The quantitative estimate of drug-likeness (QED) is 0.777. The number of benzene rings is 2. The molecule has 1 amide bonds. The van der Waals surface area contributed by atoms with Crippen LogP contribution in [0.5, 0.6) is 0 Å². The Morgan fingerprint density at radius 1 is 1.20 bits per heavy atom. The van der Waals surface area contributed by atoms with Crippen LogP contribution in [0, 0.1) is 5.82 Å². The van der Waals surface area contributed by atoms with E-state index in [1.807, 2.05) is 6.07 Å². The summed E-state index contributed by atoms with van der Waals surface area (Å²) in [5.41, 5.74) is 1.48. The van der Waals surface area contributed by atoms with Crippen molar-refractivity contribution in [2.45, 2.75) is 0 Å². The maximum atomic E-state index is 13.7. The minimum atomic E-state index is -0.356. The number of nitrogens with one attached hydrogen (secondary N) is 1. The number of aryl methyl sites for hydroxylation is 1. The molecular weight excluding hydrogens is 257 g/mol. The van der Waals surface area contributed by atoms with E-state index in [2.05, 4.69) is 10.4 Å². The molecule has 0 atom stereocenters. The molecule has 1 N–H and O–H groups in total. The highest BCUT2D eigenvalue weighted by Gasteiger charge is 2.12. The molecular formula is C15H12FN3O. The number of aromatic nitrogens is 2. The molecule has 0 aliphatic heterocycles. The number of fused-ring (bicyclic) bond motifs is 1. The zero-order valence-electron chi connectivity index (χ0n) is 10.8. The van der Waals surface area contributed by atoms with Gasteiger partial charge in [-0.25, -0.2) is 4.39 Å². The molecule has 0 bridgehead atoms. The third-order valence-electron chi connectivity index (χ3n) is 3.02. The fourth-order valence-electron chi connectivity index (χ4n) is 2.07. The van der Waals surface area contributed by atoms with Crippen LogP contribution >= 0.6 is 0 Å². The lowest BCUT2D eigenvalue weighted by Crippen LogP contribution is -2.12. The molecule has 5 heteroatoms. The molecule has 3 rings (SSSR count). The fourth-order valence-corrected chi connectivity index (χ4v) is 2.07. The second-order valence-electron chi connectivity index (χ2n) is 4.48. The van der Waals surface area contributed by atoms with E-state index in [0.29, 0.717) is 22.2 Å². The molecule has 20 heavy (non-hydrogen) atoms. The normalized spacial score (nSPS) is 10.7. The predicted octanol–water partition coefficient (Wildman–Crippen LogP) is 2.96. The molecule has 0 saturated carbocycles. The number of carbonyl (C=O) groups excluding carboxylic acids is 1. The maximum absolute atomic E-state index is 13.7. The highest BCUT2D eigenvalue weighted by atomic mass is 19.1. The summed E-state index contributed by atoms with van der Waals surface area (Å²) in [7, 11) is 1.71. The number of hydrogen-bond donors (Lipinski definition) is 1. The van der Waals surface area contributed by atoms with Crippen molar-refractivity contribution in [2.24, 2.45) is 7.05 Å². The molecule has 0 spiro atoms. The third kappa shape index (κ3) is 2.14. The first-order valence-corrected chi connectivity index (χ1v) is 6.13. The van der Waals surface area contributed by atoms with E-state index in [1.165, 1.54) is 16.8 Å². The summed E-state index contributed by atoms with van der Waals surface area (Å²) in [5.74, 6) is -0.602. The van der Waals surface area contributed by atoms with E-state index in [-0.39, 0.29) is 11.7 Å². The Labute approximate surface area is 114 Å². The number of rotatable bonds is 2. The van der Waals surface area contributed by atoms with Crippen LogP contribution in [0.1, 0.15) is 10.4 Å². The molecule has 100 valence electrons. The van der Waals surface area contributed by atoms with Gasteiger partial charge in [-0.05, 0) is 24.3 Å². The second-order valence-corrected chi connectivity index (χ2v) is 4.48. The summed E-state index contributed by atoms with van der Waals surface area (Å²) in [6.45, 7) is 0. The first-order chi connectivity index (χ1) is 9.65. The number of nitrogens with zero attached hydrogens (tertiary/aromatic N) is 2. The predicted molar refractivity (Wildman–Crippen MR) is 75.1 cm³/mol. The smallest absolute Gasteiger partial charge is 0.255 e. The van der Waals surface area contributed by atoms with Gasteiger partial charge >= 0.3 is 0 Å². The van der Waals surface area contributed by atoms with Gasteiger partial charge in [-0.15, -0.1) is 0 Å². The number of halogens is 1. The average molecular weight is 269 g/mol. The average Bonchev–Trinajstić information content (AvgIpc) is 2.86. The number of anilines is 1. The standard InChI is InChI=1S/C15H12FN3O/c1-19-9-11-12(16)7-8-13(14(11)18-19)17-15(20)10-5-3-2-4-6-10/h2-9H,1H3,(H,17,20). The second kappa shape index (κ2) is 4.77. The summed E-state index contributed by atoms with van der Waals surface area (Å²) in [4.78, 5) is 12.1. The summed E-state index contributed by atoms with van der Waals surface area (Å²) in [6, 6.07) is 11.7. The Balaban J connectivity index is 1.99. The van der Waals surface area contributed by atoms with Crippen LogP contribution in [-0.2, 0) is 7.05 Å². The minimum absolute atomic E-state index is 0.246. The molecule has 2 aromatic carbocycles. The molecule has 0 radical (unpaired) electrons. The van der Waals surface area contributed by atoms with Crippen molar-refractivity contribution >= 4 is 22.5 Å². The van der Waals surface area contributed by atoms with Gasteiger partial charge < -0.3 is 5.32 Å². The van der Waals surface area contributed by atoms with Crippen LogP contribution in [0.2, 0.25) is 0 Å². The summed E-state index contributed by atoms with van der Waals surface area (Å²) in [5, 5.41) is 7.33. The van der Waals surface area contributed by atoms with Gasteiger partial charge in [-0.2, -0.15) is 5.10 Å². The summed E-state index contributed by atoms with van der Waals surface area (Å²) in [6.07, 6.45) is 1.59. The Hall–Kier alpha value is -2.69. The zero-order chi connectivity index (χ0) is 14.1. The van der Waals surface area contributed by atoms with Gasteiger partial charge in [0.05, 0.1) is 11.1 Å². The van der Waals surface area contributed by atoms with Gasteiger partial charge in [0, 0.05) is 18.8 Å². The zero-order valence-corrected chi connectivity index (χ0v) is 10.8. The molecule has 1 heterocycles. The van der Waals surface area contributed by atoms with Gasteiger partial charge in [-0.1, -0.05) is 18.2 Å². The molecule has 3 aromatic rings. The van der Waals surface area contributed by atoms with Crippen LogP contribution in [0.3, 0.4) is 0 Å². The van der Waals surface area contributed by atoms with Crippen molar-refractivity contribution in [2.75, 3.05) is 5.32 Å². The first-order valence-electron chi connectivity index (χ1n) is 6.13. The maximum Gasteiger partial charge on any atom is 0.255 e. The van der Waals surface area contributed by atoms with Crippen molar-refractivity contribution in [1.29, 1.82) is 0 Å². The molecule has 0 fully saturated rings. The van der Waals surface area contributed by atoms with Crippen molar-refractivity contribution in [1.82, 2.24) is 9.78 Å². The van der Waals surface area contributed by atoms with E-state index in [4.69, 9.17) is 0 Å². The molecule has 4 nitrogen and oxygen atoms in total. The molecule has 0 saturated heterocycles. The van der Waals surface area contributed by atoms with E-state index >= 15 is 0 Å². The Kier molecular flexibility index (Phi) is 2.95. The minimum Gasteiger partial charge on any atom is -0.320 e. The van der Waals surface area contributed by atoms with Gasteiger partial charge in [0.25, 0.3) is 5.91 Å². The third-order valence-corrected chi connectivity index (χ3v) is 3.02. The van der Waals surface area contributed by atoms with Crippen LogP contribution in [-0.4, -0.2) is 15.7 Å². The van der Waals surface area contributed by atoms with Gasteiger partial charge in [0.1, 0.15) is 11.3 Å². The van der Waals surface area contributed by atoms with E-state index in [1.54, 1.807) is 37.5 Å². The highest BCUT2D eigenvalue weighted by Crippen LogP contribution is 2.24. The van der Waals surface area contributed by atoms with Crippen molar-refractivity contribution in [3.05, 3.63) is 60.0 Å². The lowest BCUT2D eigenvalue weighted by atomic mass is 10.2. The molecule has 0 aliphatic carbocycles. The SMILES string of the molecule is Cn1cc2c(F)ccc(NC(=O)c3ccccc3)c2n1. The largest absolute Gasteiger partial charge is 0.320 e. The van der Waals surface area contributed by atoms with Crippen LogP contribution in [0.15, 0.2) is 48.7 Å². The monoisotopic (exact) mass is 269 g/mol. The molecule has 0 unspecified atom stereocenters. The van der Waals surface area contributed by atoms with Crippen LogP contribution in [0.25, 0.3) is 10.9 Å². The molecule has 0 aliphatic rings. The number of hydrogen-bond acceptors (Lipinski definition) is 2. The van der Waals surface area contributed by atoms with Gasteiger partial charge in [0.2, 0.25) is 0 Å².